The lowest BCUT2D eigenvalue weighted by Gasteiger charge is -2.33. The molecule has 0 radical (unpaired) electrons. The van der Waals surface area contributed by atoms with Crippen molar-refractivity contribution >= 4 is 5.91 Å². The van der Waals surface area contributed by atoms with E-state index in [1.54, 1.807) is 17.0 Å². The molecule has 0 saturated carbocycles. The van der Waals surface area contributed by atoms with Crippen molar-refractivity contribution in [1.82, 2.24) is 15.1 Å². The van der Waals surface area contributed by atoms with Gasteiger partial charge in [0.2, 0.25) is 0 Å². The molecular formula is C15H20FN3O. The number of carbonyl (C=O) groups excluding carboxylic acids is 1. The molecule has 0 aromatic heterocycles. The lowest BCUT2D eigenvalue weighted by Crippen LogP contribution is -2.51. The maximum Gasteiger partial charge on any atom is 0.254 e. The molecular weight excluding hydrogens is 257 g/mol. The van der Waals surface area contributed by atoms with Crippen LogP contribution >= 0.6 is 0 Å². The van der Waals surface area contributed by atoms with Gasteiger partial charge in [-0.2, -0.15) is 0 Å². The zero-order valence-electron chi connectivity index (χ0n) is 11.5. The fourth-order valence-corrected chi connectivity index (χ4v) is 3.03. The van der Waals surface area contributed by atoms with Gasteiger partial charge in [0.05, 0.1) is 12.6 Å². The van der Waals surface area contributed by atoms with Crippen molar-refractivity contribution in [2.75, 3.05) is 39.3 Å². The average molecular weight is 277 g/mol. The smallest absolute Gasteiger partial charge is 0.254 e. The van der Waals surface area contributed by atoms with E-state index >= 15 is 0 Å². The summed E-state index contributed by atoms with van der Waals surface area (Å²) in [6, 6.07) is 8.97. The average Bonchev–Trinajstić information content (AvgIpc) is 2.90. The van der Waals surface area contributed by atoms with E-state index in [0.29, 0.717) is 12.1 Å². The van der Waals surface area contributed by atoms with Gasteiger partial charge in [-0.3, -0.25) is 9.69 Å². The van der Waals surface area contributed by atoms with Crippen LogP contribution in [0.2, 0.25) is 0 Å². The number of likely N-dealkylation sites (tertiary alicyclic amines) is 1. The maximum atomic E-state index is 14.2. The molecule has 5 heteroatoms. The van der Waals surface area contributed by atoms with Gasteiger partial charge >= 0.3 is 0 Å². The number of hydrogen-bond donors (Lipinski definition) is 1. The lowest BCUT2D eigenvalue weighted by molar-refractivity contribution is 0.0773. The molecule has 2 fully saturated rings. The van der Waals surface area contributed by atoms with E-state index in [-0.39, 0.29) is 18.5 Å². The summed E-state index contributed by atoms with van der Waals surface area (Å²) in [5, 5.41) is 3.27. The van der Waals surface area contributed by atoms with Crippen LogP contribution in [0.1, 0.15) is 10.4 Å². The SMILES string of the molecule is O=C(c1ccccc1)N1CC(F)C(N2CCNCC2)C1. The van der Waals surface area contributed by atoms with Gasteiger partial charge in [0, 0.05) is 38.3 Å². The van der Waals surface area contributed by atoms with Crippen molar-refractivity contribution in [2.45, 2.75) is 12.2 Å². The van der Waals surface area contributed by atoms with Crippen LogP contribution in [-0.2, 0) is 0 Å². The third-order valence-electron chi connectivity index (χ3n) is 4.15. The molecule has 1 amide bonds. The standard InChI is InChI=1S/C15H20FN3O/c16-13-10-19(15(20)12-4-2-1-3-5-12)11-14(13)18-8-6-17-7-9-18/h1-5,13-14,17H,6-11H2. The van der Waals surface area contributed by atoms with E-state index in [4.69, 9.17) is 0 Å². The summed E-state index contributed by atoms with van der Waals surface area (Å²) < 4.78 is 14.2. The van der Waals surface area contributed by atoms with Crippen LogP contribution in [-0.4, -0.2) is 67.2 Å². The molecule has 0 bridgehead atoms. The minimum absolute atomic E-state index is 0.0640. The third-order valence-corrected chi connectivity index (χ3v) is 4.15. The Bertz CT molecular complexity index is 461. The minimum Gasteiger partial charge on any atom is -0.334 e. The van der Waals surface area contributed by atoms with Crippen molar-refractivity contribution in [3.05, 3.63) is 35.9 Å². The van der Waals surface area contributed by atoms with Crippen LogP contribution in [0.25, 0.3) is 0 Å². The van der Waals surface area contributed by atoms with Gasteiger partial charge in [0.15, 0.2) is 0 Å². The highest BCUT2D eigenvalue weighted by atomic mass is 19.1. The van der Waals surface area contributed by atoms with Crippen LogP contribution < -0.4 is 5.32 Å². The predicted molar refractivity (Wildman–Crippen MR) is 75.5 cm³/mol. The molecule has 2 aliphatic heterocycles. The summed E-state index contributed by atoms with van der Waals surface area (Å²) in [6.07, 6.45) is -0.944. The molecule has 2 aliphatic rings. The van der Waals surface area contributed by atoms with E-state index in [9.17, 15) is 9.18 Å². The summed E-state index contributed by atoms with van der Waals surface area (Å²) in [4.78, 5) is 16.2. The zero-order valence-corrected chi connectivity index (χ0v) is 11.5. The van der Waals surface area contributed by atoms with Crippen molar-refractivity contribution in [3.8, 4) is 0 Å². The number of nitrogens with zero attached hydrogens (tertiary/aromatic N) is 2. The third kappa shape index (κ3) is 2.69. The Hall–Kier alpha value is -1.46. The Labute approximate surface area is 118 Å². The number of piperazine rings is 1. The molecule has 0 spiro atoms. The molecule has 2 heterocycles. The first-order chi connectivity index (χ1) is 9.75. The number of carbonyl (C=O) groups is 1. The predicted octanol–water partition coefficient (Wildman–Crippen LogP) is 0.754. The Morgan fingerprint density at radius 3 is 2.55 bits per heavy atom. The summed E-state index contributed by atoms with van der Waals surface area (Å²) >= 11 is 0. The number of rotatable bonds is 2. The minimum atomic E-state index is -0.944. The van der Waals surface area contributed by atoms with E-state index in [1.165, 1.54) is 0 Å². The Morgan fingerprint density at radius 2 is 1.85 bits per heavy atom. The maximum absolute atomic E-state index is 14.2. The molecule has 1 N–H and O–H groups in total. The highest BCUT2D eigenvalue weighted by molar-refractivity contribution is 5.94. The largest absolute Gasteiger partial charge is 0.334 e. The second-order valence-corrected chi connectivity index (χ2v) is 5.45. The second kappa shape index (κ2) is 5.89. The molecule has 20 heavy (non-hydrogen) atoms. The molecule has 2 unspecified atom stereocenters. The number of nitrogens with one attached hydrogen (secondary N) is 1. The Balaban J connectivity index is 1.67. The molecule has 1 aromatic rings. The fourth-order valence-electron chi connectivity index (χ4n) is 3.03. The number of benzene rings is 1. The molecule has 108 valence electrons. The first-order valence-electron chi connectivity index (χ1n) is 7.19. The number of halogens is 1. The van der Waals surface area contributed by atoms with Crippen molar-refractivity contribution in [1.29, 1.82) is 0 Å². The van der Waals surface area contributed by atoms with Gasteiger partial charge in [0.1, 0.15) is 6.17 Å². The van der Waals surface area contributed by atoms with E-state index in [2.05, 4.69) is 10.2 Å². The van der Waals surface area contributed by atoms with Gasteiger partial charge in [-0.15, -0.1) is 0 Å². The Kier molecular flexibility index (Phi) is 3.98. The summed E-state index contributed by atoms with van der Waals surface area (Å²) in [7, 11) is 0. The van der Waals surface area contributed by atoms with Crippen LogP contribution in [0.15, 0.2) is 30.3 Å². The summed E-state index contributed by atoms with van der Waals surface area (Å²) in [6.45, 7) is 4.22. The van der Waals surface area contributed by atoms with Crippen LogP contribution in [0.4, 0.5) is 4.39 Å². The van der Waals surface area contributed by atoms with Crippen molar-refractivity contribution in [2.24, 2.45) is 0 Å². The Morgan fingerprint density at radius 1 is 1.15 bits per heavy atom. The molecule has 0 aliphatic carbocycles. The highest BCUT2D eigenvalue weighted by Gasteiger charge is 2.39. The second-order valence-electron chi connectivity index (χ2n) is 5.45. The van der Waals surface area contributed by atoms with Crippen LogP contribution in [0.3, 0.4) is 0 Å². The molecule has 2 saturated heterocycles. The van der Waals surface area contributed by atoms with Gasteiger partial charge in [-0.1, -0.05) is 18.2 Å². The van der Waals surface area contributed by atoms with E-state index < -0.39 is 6.17 Å². The molecule has 1 aromatic carbocycles. The highest BCUT2D eigenvalue weighted by Crippen LogP contribution is 2.21. The first kappa shape index (κ1) is 13.5. The van der Waals surface area contributed by atoms with Gasteiger partial charge < -0.3 is 10.2 Å². The van der Waals surface area contributed by atoms with Crippen molar-refractivity contribution in [3.63, 3.8) is 0 Å². The zero-order chi connectivity index (χ0) is 13.9. The monoisotopic (exact) mass is 277 g/mol. The number of hydrogen-bond acceptors (Lipinski definition) is 3. The van der Waals surface area contributed by atoms with E-state index in [1.807, 2.05) is 18.2 Å². The van der Waals surface area contributed by atoms with Gasteiger partial charge in [-0.05, 0) is 12.1 Å². The summed E-state index contributed by atoms with van der Waals surface area (Å²) in [5.74, 6) is -0.0640. The van der Waals surface area contributed by atoms with Crippen LogP contribution in [0.5, 0.6) is 0 Å². The normalized spacial score (nSPS) is 27.8. The van der Waals surface area contributed by atoms with Crippen LogP contribution in [0, 0.1) is 0 Å². The number of alkyl halides is 1. The molecule has 4 nitrogen and oxygen atoms in total. The first-order valence-corrected chi connectivity index (χ1v) is 7.19. The number of amides is 1. The summed E-state index contributed by atoms with van der Waals surface area (Å²) in [5.41, 5.74) is 0.640. The van der Waals surface area contributed by atoms with E-state index in [0.717, 1.165) is 26.2 Å². The fraction of sp³-hybridized carbons (Fsp3) is 0.533. The van der Waals surface area contributed by atoms with Gasteiger partial charge in [0.25, 0.3) is 5.91 Å². The quantitative estimate of drug-likeness (QED) is 0.867. The molecule has 3 rings (SSSR count). The molecule has 2 atom stereocenters. The topological polar surface area (TPSA) is 35.6 Å². The van der Waals surface area contributed by atoms with Crippen molar-refractivity contribution < 1.29 is 9.18 Å². The van der Waals surface area contributed by atoms with Gasteiger partial charge in [-0.25, -0.2) is 4.39 Å². The lowest BCUT2D eigenvalue weighted by atomic mass is 10.2.